The Morgan fingerprint density at radius 3 is 3.26 bits per heavy atom. The van der Waals surface area contributed by atoms with Crippen molar-refractivity contribution in [3.05, 3.63) is 21.7 Å². The zero-order valence-corrected chi connectivity index (χ0v) is 12.1. The first-order valence-electron chi connectivity index (χ1n) is 6.08. The van der Waals surface area contributed by atoms with Crippen molar-refractivity contribution < 1.29 is 4.92 Å². The van der Waals surface area contributed by atoms with Crippen LogP contribution in [0, 0.1) is 10.1 Å². The first kappa shape index (κ1) is 12.7. The van der Waals surface area contributed by atoms with Gasteiger partial charge < -0.3 is 15.0 Å². The molecule has 0 aliphatic carbocycles. The molecule has 102 valence electrons. The highest BCUT2D eigenvalue weighted by molar-refractivity contribution is 7.98. The standard InChI is InChI=1S/C11H14N4O2S2/c1-18-7-8-3-2-4-13(8)9-10(15(16)17)14-5-6-19-11(14)12-9/h5-6,8H,2-4,7H2,1H3. The minimum absolute atomic E-state index is 0.101. The monoisotopic (exact) mass is 298 g/mol. The molecule has 2 aromatic heterocycles. The van der Waals surface area contributed by atoms with E-state index in [0.29, 0.717) is 16.8 Å². The summed E-state index contributed by atoms with van der Waals surface area (Å²) < 4.78 is 1.58. The highest BCUT2D eigenvalue weighted by atomic mass is 32.2. The van der Waals surface area contributed by atoms with Crippen LogP contribution in [0.1, 0.15) is 12.8 Å². The van der Waals surface area contributed by atoms with E-state index in [1.54, 1.807) is 22.4 Å². The molecule has 1 aliphatic heterocycles. The van der Waals surface area contributed by atoms with Crippen LogP contribution in [0.2, 0.25) is 0 Å². The van der Waals surface area contributed by atoms with Crippen LogP contribution in [-0.2, 0) is 0 Å². The summed E-state index contributed by atoms with van der Waals surface area (Å²) in [7, 11) is 0. The summed E-state index contributed by atoms with van der Waals surface area (Å²) in [4.78, 5) is 18.3. The molecule has 0 radical (unpaired) electrons. The van der Waals surface area contributed by atoms with Gasteiger partial charge in [-0.1, -0.05) is 11.3 Å². The van der Waals surface area contributed by atoms with Crippen LogP contribution in [-0.4, -0.2) is 38.9 Å². The third-order valence-electron chi connectivity index (χ3n) is 3.40. The van der Waals surface area contributed by atoms with Crippen LogP contribution in [0.5, 0.6) is 0 Å². The van der Waals surface area contributed by atoms with Crippen LogP contribution < -0.4 is 4.90 Å². The molecule has 1 saturated heterocycles. The number of nitro groups is 1. The number of thioether (sulfide) groups is 1. The second-order valence-corrected chi connectivity index (χ2v) is 6.30. The Bertz CT molecular complexity index is 609. The topological polar surface area (TPSA) is 63.7 Å². The Kier molecular flexibility index (Phi) is 3.36. The van der Waals surface area contributed by atoms with Crippen molar-refractivity contribution in [2.75, 3.05) is 23.5 Å². The lowest BCUT2D eigenvalue weighted by Crippen LogP contribution is -2.31. The molecule has 6 nitrogen and oxygen atoms in total. The minimum atomic E-state index is -0.323. The van der Waals surface area contributed by atoms with Crippen molar-refractivity contribution >= 4 is 39.7 Å². The summed E-state index contributed by atoms with van der Waals surface area (Å²) in [5, 5.41) is 13.2. The Morgan fingerprint density at radius 1 is 1.68 bits per heavy atom. The number of thiazole rings is 1. The van der Waals surface area contributed by atoms with E-state index in [0.717, 1.165) is 25.1 Å². The van der Waals surface area contributed by atoms with E-state index in [1.807, 2.05) is 5.38 Å². The average Bonchev–Trinajstić information content (AvgIpc) is 3.00. The number of nitrogens with zero attached hydrogens (tertiary/aromatic N) is 4. The largest absolute Gasteiger partial charge is 0.373 e. The summed E-state index contributed by atoms with van der Waals surface area (Å²) in [5.74, 6) is 1.63. The fraction of sp³-hybridized carbons (Fsp3) is 0.545. The van der Waals surface area contributed by atoms with E-state index >= 15 is 0 Å². The maximum atomic E-state index is 11.3. The molecule has 1 atom stereocenters. The lowest BCUT2D eigenvalue weighted by Gasteiger charge is -2.23. The van der Waals surface area contributed by atoms with E-state index < -0.39 is 0 Å². The summed E-state index contributed by atoms with van der Waals surface area (Å²) in [6, 6.07) is 0.360. The molecule has 0 spiro atoms. The molecule has 0 amide bonds. The van der Waals surface area contributed by atoms with Gasteiger partial charge in [0.25, 0.3) is 4.96 Å². The van der Waals surface area contributed by atoms with Gasteiger partial charge in [-0.05, 0) is 24.0 Å². The number of aromatic nitrogens is 2. The number of anilines is 1. The third-order valence-corrected chi connectivity index (χ3v) is 4.88. The van der Waals surface area contributed by atoms with E-state index in [9.17, 15) is 10.1 Å². The normalized spacial score (nSPS) is 19.4. The van der Waals surface area contributed by atoms with E-state index in [4.69, 9.17) is 0 Å². The number of rotatable bonds is 4. The second kappa shape index (κ2) is 5.01. The smallest absolute Gasteiger partial charge is 0.358 e. The van der Waals surface area contributed by atoms with Gasteiger partial charge in [-0.25, -0.2) is 0 Å². The van der Waals surface area contributed by atoms with Crippen molar-refractivity contribution in [3.63, 3.8) is 0 Å². The molecule has 0 saturated carbocycles. The first-order chi connectivity index (χ1) is 9.22. The van der Waals surface area contributed by atoms with Gasteiger partial charge in [0.2, 0.25) is 5.82 Å². The first-order valence-corrected chi connectivity index (χ1v) is 8.35. The minimum Gasteiger partial charge on any atom is -0.358 e. The van der Waals surface area contributed by atoms with Gasteiger partial charge in [0.05, 0.1) is 0 Å². The van der Waals surface area contributed by atoms with Crippen LogP contribution in [0.3, 0.4) is 0 Å². The van der Waals surface area contributed by atoms with E-state index in [2.05, 4.69) is 16.1 Å². The van der Waals surface area contributed by atoms with Crippen molar-refractivity contribution in [2.24, 2.45) is 0 Å². The lowest BCUT2D eigenvalue weighted by atomic mass is 10.2. The zero-order chi connectivity index (χ0) is 13.4. The Labute approximate surface area is 118 Å². The molecule has 19 heavy (non-hydrogen) atoms. The Morgan fingerprint density at radius 2 is 2.53 bits per heavy atom. The number of hydrogen-bond donors (Lipinski definition) is 0. The molecule has 0 N–H and O–H groups in total. The molecule has 0 aromatic carbocycles. The van der Waals surface area contributed by atoms with Crippen molar-refractivity contribution in [3.8, 4) is 0 Å². The van der Waals surface area contributed by atoms with Crippen LogP contribution in [0.4, 0.5) is 11.6 Å². The molecule has 2 aromatic rings. The SMILES string of the molecule is CSCC1CCCN1c1nc2sccn2c1[N+](=O)[O-]. The summed E-state index contributed by atoms with van der Waals surface area (Å²) in [5.41, 5.74) is 0. The maximum Gasteiger partial charge on any atom is 0.373 e. The molecule has 0 bridgehead atoms. The second-order valence-electron chi connectivity index (χ2n) is 4.52. The van der Waals surface area contributed by atoms with E-state index in [1.165, 1.54) is 11.3 Å². The van der Waals surface area contributed by atoms with Gasteiger partial charge in [-0.3, -0.25) is 0 Å². The van der Waals surface area contributed by atoms with Gasteiger partial charge in [0.15, 0.2) is 0 Å². The predicted molar refractivity (Wildman–Crippen MR) is 78.5 cm³/mol. The average molecular weight is 298 g/mol. The molecular formula is C11H14N4O2S2. The molecule has 8 heteroatoms. The zero-order valence-electron chi connectivity index (χ0n) is 10.5. The molecular weight excluding hydrogens is 284 g/mol. The van der Waals surface area contributed by atoms with Crippen molar-refractivity contribution in [2.45, 2.75) is 18.9 Å². The predicted octanol–water partition coefficient (Wildman–Crippen LogP) is 2.64. The van der Waals surface area contributed by atoms with Crippen LogP contribution in [0.15, 0.2) is 11.6 Å². The highest BCUT2D eigenvalue weighted by Gasteiger charge is 2.34. The summed E-state index contributed by atoms with van der Waals surface area (Å²) >= 11 is 3.21. The summed E-state index contributed by atoms with van der Waals surface area (Å²) in [6.07, 6.45) is 5.95. The molecule has 3 rings (SSSR count). The highest BCUT2D eigenvalue weighted by Crippen LogP contribution is 2.35. The van der Waals surface area contributed by atoms with Gasteiger partial charge >= 0.3 is 5.82 Å². The van der Waals surface area contributed by atoms with Gasteiger partial charge in [-0.2, -0.15) is 21.1 Å². The Balaban J connectivity index is 2.06. The number of hydrogen-bond acceptors (Lipinski definition) is 6. The maximum absolute atomic E-state index is 11.3. The van der Waals surface area contributed by atoms with Gasteiger partial charge in [-0.15, -0.1) is 0 Å². The fourth-order valence-electron chi connectivity index (χ4n) is 2.60. The molecule has 1 fully saturated rings. The van der Waals surface area contributed by atoms with Crippen LogP contribution >= 0.6 is 23.1 Å². The van der Waals surface area contributed by atoms with Crippen molar-refractivity contribution in [1.29, 1.82) is 0 Å². The third kappa shape index (κ3) is 2.08. The quantitative estimate of drug-likeness (QED) is 0.641. The lowest BCUT2D eigenvalue weighted by molar-refractivity contribution is -0.389. The van der Waals surface area contributed by atoms with E-state index in [-0.39, 0.29) is 10.7 Å². The van der Waals surface area contributed by atoms with Gasteiger partial charge in [0, 0.05) is 23.7 Å². The van der Waals surface area contributed by atoms with Crippen LogP contribution in [0.25, 0.3) is 4.96 Å². The van der Waals surface area contributed by atoms with Crippen molar-refractivity contribution in [1.82, 2.24) is 9.38 Å². The summed E-state index contributed by atoms with van der Waals surface area (Å²) in [6.45, 7) is 0.858. The molecule has 1 aliphatic rings. The van der Waals surface area contributed by atoms with Gasteiger partial charge in [0.1, 0.15) is 6.20 Å². The fourth-order valence-corrected chi connectivity index (χ4v) is 4.04. The molecule has 3 heterocycles. The Hall–Kier alpha value is -1.28. The number of fused-ring (bicyclic) bond motifs is 1. The molecule has 1 unspecified atom stereocenters. The number of imidazole rings is 1.